The first-order valence-corrected chi connectivity index (χ1v) is 31.6. The number of nitrogens with zero attached hydrogens (tertiary/aromatic N) is 5. The van der Waals surface area contributed by atoms with Gasteiger partial charge >= 0.3 is 26.0 Å². The van der Waals surface area contributed by atoms with Crippen LogP contribution in [0.1, 0.15) is 81.8 Å². The number of phosphoric ester groups is 1. The number of anilines is 2. The zero-order valence-corrected chi connectivity index (χ0v) is 49.5. The number of nitrogens with one attached hydrogen (secondary N) is 1. The molecule has 3 heterocycles. The van der Waals surface area contributed by atoms with E-state index in [0.29, 0.717) is 71.8 Å². The van der Waals surface area contributed by atoms with Crippen molar-refractivity contribution in [2.24, 2.45) is 10.8 Å². The number of carboxylic acids is 1. The molecule has 2 bridgehead atoms. The number of unbranched alkanes of at least 4 members (excludes halogenated alkanes) is 2. The molecule has 26 heteroatoms. The third-order valence-electron chi connectivity index (χ3n) is 16.0. The van der Waals surface area contributed by atoms with Crippen molar-refractivity contribution in [3.05, 3.63) is 83.9 Å². The number of ether oxygens (including phenoxy) is 2. The first-order valence-electron chi connectivity index (χ1n) is 26.7. The van der Waals surface area contributed by atoms with E-state index in [2.05, 4.69) is 5.32 Å². The van der Waals surface area contributed by atoms with Crippen LogP contribution in [0.5, 0.6) is 11.5 Å². The van der Waals surface area contributed by atoms with E-state index >= 15 is 0 Å². The zero-order chi connectivity index (χ0) is 59.1. The Morgan fingerprint density at radius 3 is 1.78 bits per heavy atom. The van der Waals surface area contributed by atoms with E-state index in [0.717, 1.165) is 21.4 Å². The molecule has 1 unspecified atom stereocenters. The third-order valence-corrected chi connectivity index (χ3v) is 20.4. The molecule has 0 aromatic heterocycles. The van der Waals surface area contributed by atoms with Gasteiger partial charge in [0.2, 0.25) is 17.7 Å². The van der Waals surface area contributed by atoms with E-state index in [1.165, 1.54) is 63.7 Å². The molecule has 3 aliphatic heterocycles. The second-order valence-electron chi connectivity index (χ2n) is 22.1. The first-order chi connectivity index (χ1) is 38.9. The predicted octanol–water partition coefficient (Wildman–Crippen LogP) is 8.39. The Labute approximate surface area is 490 Å². The lowest BCUT2D eigenvalue weighted by atomic mass is 9.34. The number of hydrogen-bond donors (Lipinski definition) is 4. The lowest BCUT2D eigenvalue weighted by molar-refractivity contribution is -0.205. The minimum atomic E-state index is -4.97. The summed E-state index contributed by atoms with van der Waals surface area (Å²) in [6.07, 6.45) is 3.51. The molecule has 3 atom stereocenters. The van der Waals surface area contributed by atoms with Crippen molar-refractivity contribution in [2.75, 3.05) is 80.7 Å². The van der Waals surface area contributed by atoms with Gasteiger partial charge < -0.3 is 44.0 Å². The molecule has 438 valence electrons. The molecule has 3 saturated carbocycles. The van der Waals surface area contributed by atoms with Crippen molar-refractivity contribution in [1.29, 1.82) is 0 Å². The number of halogens is 2. The van der Waals surface area contributed by atoms with Crippen LogP contribution in [0, 0.1) is 10.8 Å². The molecule has 4 N–H and O–H groups in total. The van der Waals surface area contributed by atoms with E-state index in [9.17, 15) is 57.8 Å². The summed E-state index contributed by atoms with van der Waals surface area (Å²) in [6.45, 7) is 4.26. The molecule has 4 aromatic rings. The summed E-state index contributed by atoms with van der Waals surface area (Å²) in [5.41, 5.74) is 0.975. The molecule has 4 aromatic carbocycles. The lowest BCUT2D eigenvalue weighted by Crippen LogP contribution is -2.73. The quantitative estimate of drug-likeness (QED) is 0.0169. The third kappa shape index (κ3) is 12.1. The van der Waals surface area contributed by atoms with Crippen LogP contribution in [-0.4, -0.2) is 159 Å². The van der Waals surface area contributed by atoms with E-state index in [1.807, 2.05) is 30.3 Å². The predicted molar refractivity (Wildman–Crippen MR) is 312 cm³/mol. The normalized spacial score (nSPS) is 21.0. The molecular weight excluding hydrogens is 1160 g/mol. The van der Waals surface area contributed by atoms with E-state index in [-0.39, 0.29) is 104 Å². The summed E-state index contributed by atoms with van der Waals surface area (Å²) in [5.74, 6) is -2.41. The lowest BCUT2D eigenvalue weighted by Gasteiger charge is -2.69. The van der Waals surface area contributed by atoms with Gasteiger partial charge in [-0.1, -0.05) is 76.5 Å². The first kappa shape index (κ1) is 60.5. The van der Waals surface area contributed by atoms with Gasteiger partial charge in [-0.3, -0.25) is 38.7 Å². The highest BCUT2D eigenvalue weighted by Crippen LogP contribution is 2.75. The maximum Gasteiger partial charge on any atom is 0.524 e. The average molecular weight is 1230 g/mol. The van der Waals surface area contributed by atoms with Gasteiger partial charge in [0.05, 0.1) is 27.0 Å². The van der Waals surface area contributed by atoms with E-state index < -0.39 is 53.5 Å². The Balaban J connectivity index is 0.763. The topological polar surface area (TPSA) is 270 Å². The molecule has 0 spiro atoms. The largest absolute Gasteiger partial charge is 0.524 e. The summed E-state index contributed by atoms with van der Waals surface area (Å²) >= 11 is 13.1. The average Bonchev–Trinajstić information content (AvgIpc) is 2.12. The van der Waals surface area contributed by atoms with Crippen molar-refractivity contribution in [3.8, 4) is 11.5 Å². The molecule has 0 radical (unpaired) electrons. The highest BCUT2D eigenvalue weighted by molar-refractivity contribution is 8.77. The number of fused-ring (bicyclic) bond motifs is 6. The summed E-state index contributed by atoms with van der Waals surface area (Å²) < 4.78 is 27.7. The van der Waals surface area contributed by atoms with Crippen molar-refractivity contribution >= 4 is 133 Å². The highest BCUT2D eigenvalue weighted by atomic mass is 35.5. The Kier molecular flexibility index (Phi) is 17.9. The molecule has 7 amide bonds. The van der Waals surface area contributed by atoms with Crippen molar-refractivity contribution < 1.29 is 71.8 Å². The minimum absolute atomic E-state index is 0.0111. The number of carbonyl (C=O) groups excluding carboxylic acids is 7. The van der Waals surface area contributed by atoms with Crippen LogP contribution in [0.15, 0.2) is 72.8 Å². The van der Waals surface area contributed by atoms with Crippen LogP contribution in [0.2, 0.25) is 0 Å². The number of imide groups is 1. The number of phosphoric acid groups is 1. The number of likely N-dealkylation sites (N-methyl/N-ethyl adjacent to an activating group) is 2. The van der Waals surface area contributed by atoms with Crippen molar-refractivity contribution in [2.45, 2.75) is 81.4 Å². The molecular formula is C56H63Cl2N6O15PS2. The van der Waals surface area contributed by atoms with Crippen molar-refractivity contribution in [3.63, 3.8) is 0 Å². The molecule has 3 fully saturated rings. The van der Waals surface area contributed by atoms with Crippen LogP contribution in [0.25, 0.3) is 21.5 Å². The molecule has 82 heavy (non-hydrogen) atoms. The second-order valence-corrected chi connectivity index (χ2v) is 26.9. The molecule has 21 nitrogen and oxygen atoms in total. The number of benzene rings is 4. The van der Waals surface area contributed by atoms with Crippen LogP contribution >= 0.6 is 52.6 Å². The molecule has 6 aliphatic rings. The fourth-order valence-electron chi connectivity index (χ4n) is 11.9. The maximum atomic E-state index is 14.8. The maximum absolute atomic E-state index is 14.8. The van der Waals surface area contributed by atoms with Gasteiger partial charge in [0.15, 0.2) is 0 Å². The van der Waals surface area contributed by atoms with Gasteiger partial charge in [-0.15, -0.1) is 23.2 Å². The summed E-state index contributed by atoms with van der Waals surface area (Å²) in [6, 6.07) is 16.4. The second kappa shape index (κ2) is 24.3. The highest BCUT2D eigenvalue weighted by Gasteiger charge is 2.76. The summed E-state index contributed by atoms with van der Waals surface area (Å²) in [7, 11) is 0.574. The zero-order valence-electron chi connectivity index (χ0n) is 45.5. The smallest absolute Gasteiger partial charge is 0.480 e. The number of carbonyl (C=O) groups is 8. The Bertz CT molecular complexity index is 3310. The Morgan fingerprint density at radius 1 is 0.768 bits per heavy atom. The van der Waals surface area contributed by atoms with Gasteiger partial charge in [-0.25, -0.2) is 18.9 Å². The number of aliphatic carboxylic acids is 1. The summed E-state index contributed by atoms with van der Waals surface area (Å²) in [5, 5.41) is 15.1. The fourth-order valence-corrected chi connectivity index (χ4v) is 15.2. The van der Waals surface area contributed by atoms with E-state index in [4.69, 9.17) is 37.2 Å². The van der Waals surface area contributed by atoms with Crippen LogP contribution < -0.4 is 24.4 Å². The van der Waals surface area contributed by atoms with Crippen molar-refractivity contribution in [1.82, 2.24) is 20.0 Å². The van der Waals surface area contributed by atoms with Gasteiger partial charge in [-0.05, 0) is 67.9 Å². The van der Waals surface area contributed by atoms with Gasteiger partial charge in [-0.2, -0.15) is 0 Å². The standard InChI is InChI=1S/C56H63Cl2N6O15PS2/c1-54(2,48(49(68)69)59-43(65)16-6-5-11-19-62-44(66)17-18-45(62)67)82-81-23-22-77-52(72)60(3)20-21-61(4)53(73)78-41-24-39-46(37-14-9-7-12-35(37)41)33(26-57)28-63(39)50(70)55-30-56(31-55,32-55)51(71)64-29-34(27-58)47-38-15-10-8-13-36(38)42(25-40(47)64)79-80(74,75)76/h7-10,12-15,17-18,24-25,33-34,48H,5-6,11,16,19-23,26-32H2,1-4H3,(H,59,65)(H,68,69)(H2,74,75,76)/t33?,34-,48-,55?,56?/m1/s1. The monoisotopic (exact) mass is 1220 g/mol. The van der Waals surface area contributed by atoms with E-state index in [1.54, 1.807) is 47.9 Å². The van der Waals surface area contributed by atoms with Gasteiger partial charge in [0.25, 0.3) is 11.8 Å². The number of hydrogen-bond acceptors (Lipinski definition) is 14. The fraction of sp³-hybridized carbons (Fsp3) is 0.464. The van der Waals surface area contributed by atoms with Crippen LogP contribution in [0.3, 0.4) is 0 Å². The number of carboxylic acid groups (broad SMARTS) is 1. The SMILES string of the molecule is CN(CCN(C)C(=O)Oc1cc2c(c3ccccc13)C(CCl)CN2C(=O)C12CC(C(=O)N3C[C@@H](CCl)c4c3cc(OP(=O)(O)O)c3ccccc43)(C1)C2)C(=O)OCCSSC(C)(C)[C@H](NC(=O)CCCCCN1C(=O)C=CC1=O)C(=O)O. The van der Waals surface area contributed by atoms with Gasteiger partial charge in [0.1, 0.15) is 24.1 Å². The number of amides is 7. The van der Waals surface area contributed by atoms with Crippen LogP contribution in [-0.2, 0) is 38.1 Å². The number of alkyl halides is 2. The molecule has 0 saturated heterocycles. The molecule has 3 aliphatic carbocycles. The summed E-state index contributed by atoms with van der Waals surface area (Å²) in [4.78, 5) is 131. The van der Waals surface area contributed by atoms with Crippen LogP contribution in [0.4, 0.5) is 21.0 Å². The Morgan fingerprint density at radius 2 is 1.27 bits per heavy atom. The molecule has 10 rings (SSSR count). The minimum Gasteiger partial charge on any atom is -0.480 e. The number of rotatable bonds is 24. The Hall–Kier alpha value is -6.07. The van der Waals surface area contributed by atoms with Gasteiger partial charge in [0, 0.05) is 118 Å².